The maximum absolute atomic E-state index is 13.1. The highest BCUT2D eigenvalue weighted by Crippen LogP contribution is 2.38. The molecule has 0 saturated carbocycles. The fraction of sp³-hybridized carbons (Fsp3) is 0.474. The number of sulfonamides is 1. The Morgan fingerprint density at radius 1 is 1.13 bits per heavy atom. The van der Waals surface area contributed by atoms with Crippen molar-refractivity contribution in [3.63, 3.8) is 0 Å². The van der Waals surface area contributed by atoms with E-state index in [0.717, 1.165) is 6.07 Å². The zero-order valence-electron chi connectivity index (χ0n) is 16.8. The lowest BCUT2D eigenvalue weighted by Crippen LogP contribution is -2.44. The lowest BCUT2D eigenvalue weighted by atomic mass is 9.84. The molecule has 0 spiro atoms. The number of thiophene rings is 1. The Hall–Kier alpha value is -2.02. The molecule has 1 aliphatic heterocycles. The number of nitrogens with zero attached hydrogens (tertiary/aromatic N) is 4. The van der Waals surface area contributed by atoms with E-state index in [-0.39, 0.29) is 34.6 Å². The van der Waals surface area contributed by atoms with Gasteiger partial charge in [-0.3, -0.25) is 0 Å². The maximum atomic E-state index is 13.1. The maximum Gasteiger partial charge on any atom is 0.425 e. The smallest absolute Gasteiger partial charge is 0.390 e. The number of hydrogen-bond donors (Lipinski definition) is 1. The number of piperidine rings is 1. The fourth-order valence-electron chi connectivity index (χ4n) is 3.72. The molecule has 3 aromatic heterocycles. The van der Waals surface area contributed by atoms with Gasteiger partial charge in [-0.2, -0.15) is 22.6 Å². The van der Waals surface area contributed by atoms with Crippen molar-refractivity contribution < 1.29 is 26.7 Å². The van der Waals surface area contributed by atoms with E-state index in [4.69, 9.17) is 0 Å². The molecule has 0 aliphatic carbocycles. The van der Waals surface area contributed by atoms with Gasteiger partial charge in [0.15, 0.2) is 10.7 Å². The molecule has 1 fully saturated rings. The quantitative estimate of drug-likeness (QED) is 0.624. The summed E-state index contributed by atoms with van der Waals surface area (Å²) in [4.78, 5) is 3.66. The van der Waals surface area contributed by atoms with Gasteiger partial charge in [0.05, 0.1) is 16.7 Å². The number of aromatic nitrogens is 3. The van der Waals surface area contributed by atoms with E-state index in [2.05, 4.69) is 10.1 Å². The molecule has 12 heteroatoms. The van der Waals surface area contributed by atoms with Gasteiger partial charge in [-0.15, -0.1) is 11.3 Å². The number of halogens is 3. The molecule has 0 aromatic carbocycles. The van der Waals surface area contributed by atoms with Crippen LogP contribution in [0, 0.1) is 5.92 Å². The molecule has 168 valence electrons. The molecule has 1 saturated heterocycles. The standard InChI is InChI=1S/C19H21F3N4O3S2/c1-18(2,27)12-7-9-25(10-8-12)31(28,29)17-6-5-16-23-11-13(26(16)24-17)14-3-4-15(30-14)19(20,21)22/h3-6,11-12,27H,7-10H2,1-2H3. The van der Waals surface area contributed by atoms with Crippen LogP contribution in [0.1, 0.15) is 31.6 Å². The summed E-state index contributed by atoms with van der Waals surface area (Å²) in [6.45, 7) is 3.94. The molecule has 1 N–H and O–H groups in total. The second-order valence-corrected chi connectivity index (χ2v) is 11.0. The third-order valence-electron chi connectivity index (χ3n) is 5.53. The molecule has 0 amide bonds. The van der Waals surface area contributed by atoms with Crippen LogP contribution in [-0.4, -0.2) is 51.1 Å². The highest BCUT2D eigenvalue weighted by Gasteiger charge is 2.36. The van der Waals surface area contributed by atoms with Crippen molar-refractivity contribution in [2.45, 2.75) is 43.5 Å². The van der Waals surface area contributed by atoms with Gasteiger partial charge >= 0.3 is 6.18 Å². The van der Waals surface area contributed by atoms with Gasteiger partial charge in [-0.25, -0.2) is 17.9 Å². The first-order valence-corrected chi connectivity index (χ1v) is 11.9. The van der Waals surface area contributed by atoms with Crippen molar-refractivity contribution >= 4 is 27.0 Å². The lowest BCUT2D eigenvalue weighted by Gasteiger charge is -2.36. The molecule has 4 heterocycles. The van der Waals surface area contributed by atoms with Crippen LogP contribution < -0.4 is 0 Å². The summed E-state index contributed by atoms with van der Waals surface area (Å²) >= 11 is 0.547. The van der Waals surface area contributed by atoms with Crippen LogP contribution in [0.3, 0.4) is 0 Å². The van der Waals surface area contributed by atoms with Gasteiger partial charge in [0.1, 0.15) is 10.6 Å². The van der Waals surface area contributed by atoms with E-state index in [1.165, 1.54) is 33.2 Å². The SMILES string of the molecule is CC(C)(O)C1CCN(S(=O)(=O)c2ccc3ncc(-c4ccc(C(F)(F)F)s4)n3n2)CC1. The van der Waals surface area contributed by atoms with Crippen LogP contribution in [0.5, 0.6) is 0 Å². The molecule has 31 heavy (non-hydrogen) atoms. The van der Waals surface area contributed by atoms with E-state index in [1.54, 1.807) is 13.8 Å². The summed E-state index contributed by atoms with van der Waals surface area (Å²) < 4.78 is 67.7. The van der Waals surface area contributed by atoms with E-state index in [0.29, 0.717) is 29.8 Å². The Kier molecular flexibility index (Phi) is 5.39. The number of aliphatic hydroxyl groups is 1. The van der Waals surface area contributed by atoms with Crippen molar-refractivity contribution in [3.05, 3.63) is 35.3 Å². The fourth-order valence-corrected chi connectivity index (χ4v) is 5.97. The van der Waals surface area contributed by atoms with Gasteiger partial charge in [0.25, 0.3) is 10.0 Å². The number of alkyl halides is 3. The molecule has 1 aliphatic rings. The molecule has 0 bridgehead atoms. The molecule has 0 unspecified atom stereocenters. The van der Waals surface area contributed by atoms with Crippen molar-refractivity contribution in [1.29, 1.82) is 0 Å². The average molecular weight is 475 g/mol. The van der Waals surface area contributed by atoms with Crippen LogP contribution in [0.4, 0.5) is 13.2 Å². The van der Waals surface area contributed by atoms with Crippen LogP contribution in [0.25, 0.3) is 16.2 Å². The minimum atomic E-state index is -4.46. The third kappa shape index (κ3) is 4.21. The van der Waals surface area contributed by atoms with E-state index in [1.807, 2.05) is 0 Å². The van der Waals surface area contributed by atoms with E-state index in [9.17, 15) is 26.7 Å². The van der Waals surface area contributed by atoms with Crippen LogP contribution >= 0.6 is 11.3 Å². The second-order valence-electron chi connectivity index (χ2n) is 8.08. The normalized spacial score (nSPS) is 17.5. The molecule has 3 aromatic rings. The van der Waals surface area contributed by atoms with Crippen molar-refractivity contribution in [1.82, 2.24) is 18.9 Å². The Labute approximate surface area is 181 Å². The van der Waals surface area contributed by atoms with Crippen molar-refractivity contribution in [2.75, 3.05) is 13.1 Å². The van der Waals surface area contributed by atoms with Gasteiger partial charge < -0.3 is 5.11 Å². The monoisotopic (exact) mass is 474 g/mol. The Morgan fingerprint density at radius 3 is 2.39 bits per heavy atom. The van der Waals surface area contributed by atoms with Gasteiger partial charge in [0.2, 0.25) is 0 Å². The molecular weight excluding hydrogens is 453 g/mol. The Bertz CT molecular complexity index is 1200. The van der Waals surface area contributed by atoms with Gasteiger partial charge in [0, 0.05) is 13.1 Å². The molecule has 7 nitrogen and oxygen atoms in total. The highest BCUT2D eigenvalue weighted by atomic mass is 32.2. The predicted octanol–water partition coefficient (Wildman–Crippen LogP) is 3.65. The minimum Gasteiger partial charge on any atom is -0.390 e. The molecule has 0 radical (unpaired) electrons. The largest absolute Gasteiger partial charge is 0.425 e. The summed E-state index contributed by atoms with van der Waals surface area (Å²) in [5.74, 6) is -0.00343. The molecular formula is C19H21F3N4O3S2. The number of rotatable bonds is 4. The highest BCUT2D eigenvalue weighted by molar-refractivity contribution is 7.89. The van der Waals surface area contributed by atoms with Crippen molar-refractivity contribution in [3.8, 4) is 10.6 Å². The van der Waals surface area contributed by atoms with Crippen molar-refractivity contribution in [2.24, 2.45) is 5.92 Å². The predicted molar refractivity (Wildman–Crippen MR) is 109 cm³/mol. The summed E-state index contributed by atoms with van der Waals surface area (Å²) in [6, 6.07) is 5.12. The first-order chi connectivity index (χ1) is 14.4. The van der Waals surface area contributed by atoms with E-state index >= 15 is 0 Å². The van der Waals surface area contributed by atoms with E-state index < -0.39 is 26.7 Å². The second kappa shape index (κ2) is 7.54. The van der Waals surface area contributed by atoms with Gasteiger partial charge in [-0.1, -0.05) is 0 Å². The summed E-state index contributed by atoms with van der Waals surface area (Å²) in [5.41, 5.74) is -0.265. The zero-order chi connectivity index (χ0) is 22.6. The van der Waals surface area contributed by atoms with Crippen LogP contribution in [0.2, 0.25) is 0 Å². The number of imidazole rings is 1. The summed E-state index contributed by atoms with van der Waals surface area (Å²) in [7, 11) is -3.90. The lowest BCUT2D eigenvalue weighted by molar-refractivity contribution is -0.134. The molecule has 4 rings (SSSR count). The van der Waals surface area contributed by atoms with Gasteiger partial charge in [-0.05, 0) is 56.9 Å². The van der Waals surface area contributed by atoms with Crippen LogP contribution in [-0.2, 0) is 16.2 Å². The third-order valence-corrected chi connectivity index (χ3v) is 8.48. The number of fused-ring (bicyclic) bond motifs is 1. The first-order valence-electron chi connectivity index (χ1n) is 9.62. The van der Waals surface area contributed by atoms with Crippen LogP contribution in [0.15, 0.2) is 35.5 Å². The first kappa shape index (κ1) is 22.2. The molecule has 0 atom stereocenters. The average Bonchev–Trinajstić information content (AvgIpc) is 3.33. The summed E-state index contributed by atoms with van der Waals surface area (Å²) in [6.07, 6.45) is -2.03. The Morgan fingerprint density at radius 2 is 1.81 bits per heavy atom. The Balaban J connectivity index is 1.65. The topological polar surface area (TPSA) is 87.8 Å². The summed E-state index contributed by atoms with van der Waals surface area (Å²) in [5, 5.41) is 14.2. The minimum absolute atomic E-state index is 0.00343. The number of hydrogen-bond acceptors (Lipinski definition) is 6. The zero-order valence-corrected chi connectivity index (χ0v) is 18.4.